The average molecular weight is 513 g/mol. The third-order valence-corrected chi connectivity index (χ3v) is 7.45. The second-order valence-electron chi connectivity index (χ2n) is 8.16. The van der Waals surface area contributed by atoms with E-state index in [0.29, 0.717) is 51.1 Å². The van der Waals surface area contributed by atoms with Crippen LogP contribution in [0.1, 0.15) is 36.4 Å². The Labute approximate surface area is 212 Å². The van der Waals surface area contributed by atoms with E-state index in [4.69, 9.17) is 35.9 Å². The van der Waals surface area contributed by atoms with Crippen LogP contribution in [0.5, 0.6) is 17.2 Å². The Morgan fingerprint density at radius 1 is 1.09 bits per heavy atom. The highest BCUT2D eigenvalue weighted by Gasteiger charge is 2.39. The van der Waals surface area contributed by atoms with Crippen LogP contribution < -0.4 is 19.5 Å². The molecule has 35 heavy (non-hydrogen) atoms. The maximum atomic E-state index is 13.2. The van der Waals surface area contributed by atoms with Gasteiger partial charge in [0.1, 0.15) is 6.04 Å². The number of methoxy groups -OCH3 is 3. The molecular weight excluding hydrogens is 488 g/mol. The number of thioether (sulfide) groups is 1. The first-order chi connectivity index (χ1) is 17.0. The summed E-state index contributed by atoms with van der Waals surface area (Å²) in [6.07, 6.45) is 2.05. The second-order valence-corrected chi connectivity index (χ2v) is 9.51. The van der Waals surface area contributed by atoms with E-state index in [1.165, 1.54) is 11.8 Å². The largest absolute Gasteiger partial charge is 0.493 e. The maximum Gasteiger partial charge on any atom is 0.227 e. The minimum absolute atomic E-state index is 0.0898. The smallest absolute Gasteiger partial charge is 0.227 e. The summed E-state index contributed by atoms with van der Waals surface area (Å²) in [4.78, 5) is 17.9. The number of allylic oxidation sites excluding steroid dienone is 2. The maximum absolute atomic E-state index is 13.2. The Morgan fingerprint density at radius 2 is 1.89 bits per heavy atom. The summed E-state index contributed by atoms with van der Waals surface area (Å²) < 4.78 is 18.6. The zero-order valence-corrected chi connectivity index (χ0v) is 21.2. The second kappa shape index (κ2) is 9.83. The quantitative estimate of drug-likeness (QED) is 0.428. The molecule has 1 aliphatic carbocycles. The standard InChI is InChI=1S/C25H25ClN4O4S/c1-32-19-12-11-15(22(33-2)23(19)34-3)21-20-17(9-6-10-18(20)31)27-24-28-25(29-30(21)24)35-13-14-7-4-5-8-16(14)26/h4-5,7-8,11-12,21H,6,9-10,13H2,1-3H3,(H,27,28,29). The molecule has 3 aromatic rings. The third-order valence-electron chi connectivity index (χ3n) is 6.19. The Balaban J connectivity index is 1.60. The number of carbonyl (C=O) groups is 1. The van der Waals surface area contributed by atoms with Crippen molar-refractivity contribution in [2.75, 3.05) is 26.6 Å². The lowest BCUT2D eigenvalue weighted by Crippen LogP contribution is -2.31. The van der Waals surface area contributed by atoms with Crippen molar-refractivity contribution in [1.82, 2.24) is 14.8 Å². The molecule has 2 heterocycles. The molecule has 10 heteroatoms. The summed E-state index contributed by atoms with van der Waals surface area (Å²) in [7, 11) is 4.71. The molecule has 0 fully saturated rings. The first kappa shape index (κ1) is 23.6. The number of hydrogen-bond donors (Lipinski definition) is 1. The van der Waals surface area contributed by atoms with Gasteiger partial charge in [-0.2, -0.15) is 4.98 Å². The Hall–Kier alpha value is -3.17. The van der Waals surface area contributed by atoms with Gasteiger partial charge >= 0.3 is 0 Å². The summed E-state index contributed by atoms with van der Waals surface area (Å²) >= 11 is 7.82. The number of aromatic nitrogens is 3. The number of anilines is 1. The number of Topliss-reactive ketones (excluding diaryl/α,β-unsaturated/α-hetero) is 1. The molecule has 1 aromatic heterocycles. The number of benzene rings is 2. The molecule has 2 aliphatic rings. The summed E-state index contributed by atoms with van der Waals surface area (Å²) in [5.74, 6) is 2.80. The van der Waals surface area contributed by atoms with Crippen molar-refractivity contribution in [3.63, 3.8) is 0 Å². The number of nitrogens with zero attached hydrogens (tertiary/aromatic N) is 3. The highest BCUT2D eigenvalue weighted by Crippen LogP contribution is 2.48. The molecule has 182 valence electrons. The summed E-state index contributed by atoms with van der Waals surface area (Å²) in [5, 5.41) is 9.45. The van der Waals surface area contributed by atoms with E-state index >= 15 is 0 Å². The Bertz CT molecular complexity index is 1320. The number of carbonyl (C=O) groups excluding carboxylic acids is 1. The van der Waals surface area contributed by atoms with Gasteiger partial charge in [0, 0.05) is 34.0 Å². The number of ether oxygens (including phenoxy) is 3. The van der Waals surface area contributed by atoms with E-state index in [-0.39, 0.29) is 5.78 Å². The van der Waals surface area contributed by atoms with Crippen LogP contribution in [0, 0.1) is 0 Å². The van der Waals surface area contributed by atoms with Gasteiger partial charge < -0.3 is 19.5 Å². The van der Waals surface area contributed by atoms with E-state index in [1.807, 2.05) is 36.4 Å². The SMILES string of the molecule is COc1ccc(C2C3=C(CCCC3=O)Nc3nc(SCc4ccccc4Cl)nn32)c(OC)c1OC. The van der Waals surface area contributed by atoms with E-state index in [9.17, 15) is 4.79 Å². The van der Waals surface area contributed by atoms with Crippen LogP contribution in [0.25, 0.3) is 0 Å². The number of halogens is 1. The Morgan fingerprint density at radius 3 is 2.63 bits per heavy atom. The van der Waals surface area contributed by atoms with Gasteiger partial charge in [0.25, 0.3) is 0 Å². The minimum Gasteiger partial charge on any atom is -0.493 e. The van der Waals surface area contributed by atoms with Gasteiger partial charge in [-0.1, -0.05) is 41.6 Å². The molecule has 0 spiro atoms. The first-order valence-corrected chi connectivity index (χ1v) is 12.6. The van der Waals surface area contributed by atoms with Gasteiger partial charge in [-0.15, -0.1) is 5.10 Å². The molecule has 1 unspecified atom stereocenters. The first-order valence-electron chi connectivity index (χ1n) is 11.2. The van der Waals surface area contributed by atoms with Crippen LogP contribution in [0.2, 0.25) is 5.02 Å². The van der Waals surface area contributed by atoms with Crippen LogP contribution >= 0.6 is 23.4 Å². The molecule has 0 radical (unpaired) electrons. The van der Waals surface area contributed by atoms with Crippen molar-refractivity contribution >= 4 is 35.1 Å². The zero-order valence-electron chi connectivity index (χ0n) is 19.6. The molecule has 8 nitrogen and oxygen atoms in total. The van der Waals surface area contributed by atoms with Gasteiger partial charge in [-0.05, 0) is 36.6 Å². The van der Waals surface area contributed by atoms with Crippen molar-refractivity contribution in [2.24, 2.45) is 0 Å². The lowest BCUT2D eigenvalue weighted by molar-refractivity contribution is -0.116. The Kier molecular flexibility index (Phi) is 6.62. The molecule has 0 bridgehead atoms. The van der Waals surface area contributed by atoms with E-state index in [0.717, 1.165) is 29.7 Å². The van der Waals surface area contributed by atoms with E-state index in [1.54, 1.807) is 26.0 Å². The minimum atomic E-state index is -0.508. The summed E-state index contributed by atoms with van der Waals surface area (Å²) in [5.41, 5.74) is 3.32. The number of nitrogens with one attached hydrogen (secondary N) is 1. The molecule has 0 saturated carbocycles. The van der Waals surface area contributed by atoms with E-state index < -0.39 is 6.04 Å². The fraction of sp³-hybridized carbons (Fsp3) is 0.320. The molecule has 1 N–H and O–H groups in total. The summed E-state index contributed by atoms with van der Waals surface area (Å²) in [6, 6.07) is 10.9. The van der Waals surface area contributed by atoms with Crippen LogP contribution in [0.4, 0.5) is 5.95 Å². The molecule has 1 aliphatic heterocycles. The van der Waals surface area contributed by atoms with Crippen molar-refractivity contribution in [3.8, 4) is 17.2 Å². The van der Waals surface area contributed by atoms with Crippen LogP contribution in [-0.4, -0.2) is 41.9 Å². The van der Waals surface area contributed by atoms with Crippen molar-refractivity contribution in [1.29, 1.82) is 0 Å². The number of ketones is 1. The monoisotopic (exact) mass is 512 g/mol. The topological polar surface area (TPSA) is 87.5 Å². The normalized spacial score (nSPS) is 16.9. The molecule has 5 rings (SSSR count). The van der Waals surface area contributed by atoms with Crippen molar-refractivity contribution < 1.29 is 19.0 Å². The molecule has 2 aromatic carbocycles. The van der Waals surface area contributed by atoms with Crippen molar-refractivity contribution in [2.45, 2.75) is 36.2 Å². The van der Waals surface area contributed by atoms with Crippen molar-refractivity contribution in [3.05, 3.63) is 63.8 Å². The van der Waals surface area contributed by atoms with Gasteiger partial charge in [0.2, 0.25) is 16.9 Å². The van der Waals surface area contributed by atoms with Gasteiger partial charge in [0.05, 0.1) is 21.3 Å². The predicted octanol–water partition coefficient (Wildman–Crippen LogP) is 5.27. The summed E-state index contributed by atoms with van der Waals surface area (Å²) in [6.45, 7) is 0. The highest BCUT2D eigenvalue weighted by molar-refractivity contribution is 7.98. The highest BCUT2D eigenvalue weighted by atomic mass is 35.5. The molecule has 1 atom stereocenters. The average Bonchev–Trinajstić information content (AvgIpc) is 3.28. The lowest BCUT2D eigenvalue weighted by Gasteiger charge is -2.33. The number of rotatable bonds is 7. The molecular formula is C25H25ClN4O4S. The fourth-order valence-corrected chi connectivity index (χ4v) is 5.70. The number of fused-ring (bicyclic) bond motifs is 1. The van der Waals surface area contributed by atoms with Crippen LogP contribution in [0.3, 0.4) is 0 Å². The molecule has 0 saturated heterocycles. The molecule has 0 amide bonds. The van der Waals surface area contributed by atoms with E-state index in [2.05, 4.69) is 5.32 Å². The fourth-order valence-electron chi connectivity index (χ4n) is 4.58. The van der Waals surface area contributed by atoms with Gasteiger partial charge in [-0.3, -0.25) is 4.79 Å². The van der Waals surface area contributed by atoms with Gasteiger partial charge in [0.15, 0.2) is 17.3 Å². The van der Waals surface area contributed by atoms with Crippen LogP contribution in [-0.2, 0) is 10.5 Å². The predicted molar refractivity (Wildman–Crippen MR) is 135 cm³/mol. The van der Waals surface area contributed by atoms with Crippen LogP contribution in [0.15, 0.2) is 52.8 Å². The van der Waals surface area contributed by atoms with Gasteiger partial charge in [-0.25, -0.2) is 4.68 Å². The zero-order chi connectivity index (χ0) is 24.5. The lowest BCUT2D eigenvalue weighted by atomic mass is 9.85. The number of hydrogen-bond acceptors (Lipinski definition) is 8. The third kappa shape index (κ3) is 4.23.